The summed E-state index contributed by atoms with van der Waals surface area (Å²) in [6.07, 6.45) is 11.5. The Hall–Kier alpha value is -2.08. The molecule has 5 rings (SSSR count). The molecule has 0 fully saturated rings. The molecule has 0 radical (unpaired) electrons. The van der Waals surface area contributed by atoms with E-state index in [1.807, 2.05) is 0 Å². The van der Waals surface area contributed by atoms with Gasteiger partial charge < -0.3 is 0 Å². The van der Waals surface area contributed by atoms with Gasteiger partial charge in [0.1, 0.15) is 0 Å². The van der Waals surface area contributed by atoms with Crippen LogP contribution in [0.15, 0.2) is 70.4 Å². The minimum Gasteiger partial charge on any atom is -0.0616 e. The first-order valence-corrected chi connectivity index (χ1v) is 6.56. The fourth-order valence-corrected chi connectivity index (χ4v) is 3.48. The smallest absolute Gasteiger partial charge is 0.000720 e. The van der Waals surface area contributed by atoms with E-state index in [1.165, 1.54) is 34.3 Å². The SMILES string of the molecule is C1=CC2=C3C(=C1C2)/C=C\c1ccccc1C1=C3C1. The molecular formula is C18H12. The van der Waals surface area contributed by atoms with E-state index < -0.39 is 0 Å². The van der Waals surface area contributed by atoms with Crippen LogP contribution in [-0.2, 0) is 0 Å². The van der Waals surface area contributed by atoms with Crippen LogP contribution in [0.5, 0.6) is 0 Å². The number of rotatable bonds is 0. The molecule has 0 heteroatoms. The Morgan fingerprint density at radius 1 is 0.722 bits per heavy atom. The average molecular weight is 228 g/mol. The molecule has 0 N–H and O–H groups in total. The quantitative estimate of drug-likeness (QED) is 0.616. The zero-order valence-electron chi connectivity index (χ0n) is 10.0. The monoisotopic (exact) mass is 228 g/mol. The summed E-state index contributed by atoms with van der Waals surface area (Å²) in [5, 5.41) is 0. The van der Waals surface area contributed by atoms with E-state index in [2.05, 4.69) is 48.6 Å². The van der Waals surface area contributed by atoms with Crippen molar-refractivity contribution in [1.29, 1.82) is 0 Å². The van der Waals surface area contributed by atoms with Gasteiger partial charge >= 0.3 is 0 Å². The lowest BCUT2D eigenvalue weighted by Gasteiger charge is -2.09. The molecule has 0 saturated heterocycles. The second-order valence-corrected chi connectivity index (χ2v) is 5.40. The van der Waals surface area contributed by atoms with Crippen molar-refractivity contribution < 1.29 is 0 Å². The van der Waals surface area contributed by atoms with E-state index in [-0.39, 0.29) is 0 Å². The van der Waals surface area contributed by atoms with Crippen LogP contribution < -0.4 is 0 Å². The first-order chi connectivity index (χ1) is 8.92. The number of hydrogen-bond donors (Lipinski definition) is 0. The van der Waals surface area contributed by atoms with Gasteiger partial charge in [-0.3, -0.25) is 0 Å². The van der Waals surface area contributed by atoms with Crippen LogP contribution in [-0.4, -0.2) is 0 Å². The molecule has 0 aromatic heterocycles. The molecule has 1 aromatic rings. The van der Waals surface area contributed by atoms with E-state index in [1.54, 1.807) is 16.7 Å². The minimum absolute atomic E-state index is 1.15. The highest BCUT2D eigenvalue weighted by Gasteiger charge is 2.35. The molecule has 0 heterocycles. The standard InChI is InChI=1S/C18H12/c1-2-4-14-11(3-1)7-8-15-12-5-6-13(9-12)18(15)17-10-16(14)17/h1-8H,9-10H2/b8-7-,11-7?,15-8?,16-14?,18-17?. The third-order valence-electron chi connectivity index (χ3n) is 4.41. The third kappa shape index (κ3) is 0.971. The lowest BCUT2D eigenvalue weighted by molar-refractivity contribution is 1.31. The Morgan fingerprint density at radius 2 is 1.61 bits per heavy atom. The molecule has 4 aliphatic carbocycles. The van der Waals surface area contributed by atoms with Gasteiger partial charge in [-0.05, 0) is 57.4 Å². The Balaban J connectivity index is 1.85. The summed E-state index contributed by atoms with van der Waals surface area (Å²) in [6, 6.07) is 8.76. The van der Waals surface area contributed by atoms with Gasteiger partial charge in [0.2, 0.25) is 0 Å². The van der Waals surface area contributed by atoms with E-state index in [0.29, 0.717) is 0 Å². The average Bonchev–Trinajstić information content (AvgIpc) is 2.89. The Morgan fingerprint density at radius 3 is 2.61 bits per heavy atom. The summed E-state index contributed by atoms with van der Waals surface area (Å²) in [6.45, 7) is 0. The summed E-state index contributed by atoms with van der Waals surface area (Å²) < 4.78 is 0. The van der Waals surface area contributed by atoms with Crippen LogP contribution in [0.4, 0.5) is 0 Å². The van der Waals surface area contributed by atoms with Crippen molar-refractivity contribution in [2.45, 2.75) is 12.8 Å². The summed E-state index contributed by atoms with van der Waals surface area (Å²) in [4.78, 5) is 0. The summed E-state index contributed by atoms with van der Waals surface area (Å²) in [7, 11) is 0. The summed E-state index contributed by atoms with van der Waals surface area (Å²) >= 11 is 0. The van der Waals surface area contributed by atoms with E-state index in [4.69, 9.17) is 0 Å². The molecule has 84 valence electrons. The Kier molecular flexibility index (Phi) is 1.41. The maximum Gasteiger partial charge on any atom is -0.000720 e. The van der Waals surface area contributed by atoms with Crippen molar-refractivity contribution in [3.63, 3.8) is 0 Å². The normalized spacial score (nSPS) is 23.8. The zero-order valence-corrected chi connectivity index (χ0v) is 10.0. The molecule has 1 aromatic carbocycles. The van der Waals surface area contributed by atoms with Crippen molar-refractivity contribution in [3.8, 4) is 0 Å². The number of allylic oxidation sites excluding steroid dienone is 9. The van der Waals surface area contributed by atoms with Gasteiger partial charge in [-0.1, -0.05) is 48.6 Å². The first-order valence-electron chi connectivity index (χ1n) is 6.56. The van der Waals surface area contributed by atoms with Crippen molar-refractivity contribution in [2.24, 2.45) is 0 Å². The number of fused-ring (bicyclic) bond motifs is 6. The van der Waals surface area contributed by atoms with Gasteiger partial charge in [0.25, 0.3) is 0 Å². The van der Waals surface area contributed by atoms with Crippen molar-refractivity contribution >= 4 is 11.6 Å². The van der Waals surface area contributed by atoms with Crippen LogP contribution in [0, 0.1) is 0 Å². The molecule has 4 aliphatic rings. The summed E-state index contributed by atoms with van der Waals surface area (Å²) in [5.41, 5.74) is 12.0. The van der Waals surface area contributed by atoms with Crippen LogP contribution >= 0.6 is 0 Å². The van der Waals surface area contributed by atoms with Crippen LogP contribution in [0.3, 0.4) is 0 Å². The van der Waals surface area contributed by atoms with Crippen LogP contribution in [0.2, 0.25) is 0 Å². The summed E-state index contributed by atoms with van der Waals surface area (Å²) in [5.74, 6) is 0. The molecular weight excluding hydrogens is 216 g/mol. The molecule has 0 atom stereocenters. The minimum atomic E-state index is 1.15. The van der Waals surface area contributed by atoms with Gasteiger partial charge in [0.05, 0.1) is 0 Å². The molecule has 0 saturated carbocycles. The molecule has 0 nitrogen and oxygen atoms in total. The zero-order chi connectivity index (χ0) is 11.7. The molecule has 0 spiro atoms. The highest BCUT2D eigenvalue weighted by molar-refractivity contribution is 5.95. The Bertz CT molecular complexity index is 761. The predicted octanol–water partition coefficient (Wildman–Crippen LogP) is 4.44. The highest BCUT2D eigenvalue weighted by Crippen LogP contribution is 2.55. The van der Waals surface area contributed by atoms with Gasteiger partial charge in [0, 0.05) is 0 Å². The molecule has 2 bridgehead atoms. The Labute approximate surface area is 106 Å². The van der Waals surface area contributed by atoms with E-state index in [9.17, 15) is 0 Å². The topological polar surface area (TPSA) is 0 Å². The lowest BCUT2D eigenvalue weighted by Crippen LogP contribution is -1.90. The lowest BCUT2D eigenvalue weighted by atomic mass is 9.95. The molecule has 0 aliphatic heterocycles. The van der Waals surface area contributed by atoms with Crippen molar-refractivity contribution in [2.75, 3.05) is 0 Å². The van der Waals surface area contributed by atoms with E-state index in [0.717, 1.165) is 6.42 Å². The third-order valence-corrected chi connectivity index (χ3v) is 4.41. The number of benzene rings is 1. The number of hydrogen-bond acceptors (Lipinski definition) is 0. The van der Waals surface area contributed by atoms with Gasteiger partial charge in [-0.15, -0.1) is 0 Å². The van der Waals surface area contributed by atoms with E-state index >= 15 is 0 Å². The second-order valence-electron chi connectivity index (χ2n) is 5.40. The van der Waals surface area contributed by atoms with Crippen molar-refractivity contribution in [3.05, 3.63) is 81.5 Å². The van der Waals surface area contributed by atoms with Gasteiger partial charge in [-0.2, -0.15) is 0 Å². The second kappa shape index (κ2) is 2.84. The maximum absolute atomic E-state index is 2.32. The maximum atomic E-state index is 2.32. The van der Waals surface area contributed by atoms with Gasteiger partial charge in [0.15, 0.2) is 0 Å². The largest absolute Gasteiger partial charge is 0.0616 e. The molecule has 0 amide bonds. The van der Waals surface area contributed by atoms with Crippen molar-refractivity contribution in [1.82, 2.24) is 0 Å². The van der Waals surface area contributed by atoms with Crippen LogP contribution in [0.25, 0.3) is 11.6 Å². The highest BCUT2D eigenvalue weighted by atomic mass is 14.4. The fraction of sp³-hybridized carbons (Fsp3) is 0.111. The molecule has 18 heavy (non-hydrogen) atoms. The fourth-order valence-electron chi connectivity index (χ4n) is 3.48. The van der Waals surface area contributed by atoms with Crippen LogP contribution in [0.1, 0.15) is 24.0 Å². The molecule has 0 unspecified atom stereocenters. The first kappa shape index (κ1) is 8.93. The van der Waals surface area contributed by atoms with Gasteiger partial charge in [-0.25, -0.2) is 0 Å². The predicted molar refractivity (Wildman–Crippen MR) is 74.8 cm³/mol.